The molecule has 2 fully saturated rings. The Morgan fingerprint density at radius 3 is 2.57 bits per heavy atom. The third-order valence-electron chi connectivity index (χ3n) is 6.55. The lowest BCUT2D eigenvalue weighted by Crippen LogP contribution is -2.49. The predicted molar refractivity (Wildman–Crippen MR) is 134 cm³/mol. The maximum absolute atomic E-state index is 5.59. The van der Waals surface area contributed by atoms with E-state index in [2.05, 4.69) is 47.2 Å². The molecule has 1 N–H and O–H groups in total. The fraction of sp³-hybridized carbons (Fsp3) is 0.818. The van der Waals surface area contributed by atoms with Gasteiger partial charge in [0, 0.05) is 57.9 Å². The number of nitrogens with zero attached hydrogens (tertiary/aromatic N) is 5. The molecule has 3 heterocycles. The van der Waals surface area contributed by atoms with Crippen molar-refractivity contribution in [3.63, 3.8) is 0 Å². The van der Waals surface area contributed by atoms with E-state index in [1.54, 1.807) is 0 Å². The largest absolute Gasteiger partial charge is 0.379 e. The van der Waals surface area contributed by atoms with E-state index in [1.807, 2.05) is 17.9 Å². The number of hydrogen-bond donors (Lipinski definition) is 1. The van der Waals surface area contributed by atoms with Gasteiger partial charge in [-0.05, 0) is 24.8 Å². The summed E-state index contributed by atoms with van der Waals surface area (Å²) >= 11 is 0. The Balaban J connectivity index is 0.00000320. The van der Waals surface area contributed by atoms with Crippen LogP contribution in [0.1, 0.15) is 51.5 Å². The van der Waals surface area contributed by atoms with Gasteiger partial charge in [0.1, 0.15) is 0 Å². The van der Waals surface area contributed by atoms with Crippen molar-refractivity contribution in [1.29, 1.82) is 0 Å². The van der Waals surface area contributed by atoms with Gasteiger partial charge in [0.25, 0.3) is 0 Å². The first-order chi connectivity index (χ1) is 14.2. The molecule has 3 rings (SSSR count). The van der Waals surface area contributed by atoms with Crippen molar-refractivity contribution >= 4 is 29.9 Å². The zero-order valence-corrected chi connectivity index (χ0v) is 21.5. The first-order valence-corrected chi connectivity index (χ1v) is 11.5. The normalized spacial score (nSPS) is 21.7. The molecule has 1 aromatic rings. The van der Waals surface area contributed by atoms with Crippen LogP contribution in [-0.2, 0) is 11.8 Å². The number of aliphatic imine (C=N–C) groups is 1. The summed E-state index contributed by atoms with van der Waals surface area (Å²) in [4.78, 5) is 10.2. The van der Waals surface area contributed by atoms with Crippen LogP contribution < -0.4 is 5.32 Å². The molecule has 30 heavy (non-hydrogen) atoms. The zero-order chi connectivity index (χ0) is 20.6. The second-order valence-electron chi connectivity index (χ2n) is 8.37. The van der Waals surface area contributed by atoms with Crippen molar-refractivity contribution in [2.75, 3.05) is 52.5 Å². The van der Waals surface area contributed by atoms with Crippen molar-refractivity contribution < 1.29 is 4.74 Å². The van der Waals surface area contributed by atoms with Gasteiger partial charge in [0.05, 0.1) is 26.0 Å². The highest BCUT2D eigenvalue weighted by atomic mass is 127. The SMILES string of the molecule is CCNC(=NCC(C(CC)CC)N1CCOCC1)N1CCC(c2cnn(C)c2)C1.I. The highest BCUT2D eigenvalue weighted by molar-refractivity contribution is 14.0. The number of aryl methyl sites for hydroxylation is 1. The van der Waals surface area contributed by atoms with Crippen LogP contribution in [0.25, 0.3) is 0 Å². The van der Waals surface area contributed by atoms with Crippen LogP contribution in [0.15, 0.2) is 17.4 Å². The van der Waals surface area contributed by atoms with E-state index in [0.29, 0.717) is 17.9 Å². The molecule has 0 spiro atoms. The van der Waals surface area contributed by atoms with Crippen molar-refractivity contribution in [3.05, 3.63) is 18.0 Å². The highest BCUT2D eigenvalue weighted by Crippen LogP contribution is 2.27. The quantitative estimate of drug-likeness (QED) is 0.317. The number of morpholine rings is 1. The Kier molecular flexibility index (Phi) is 10.9. The third-order valence-corrected chi connectivity index (χ3v) is 6.55. The molecule has 2 unspecified atom stereocenters. The summed E-state index contributed by atoms with van der Waals surface area (Å²) in [6.07, 6.45) is 7.74. The highest BCUT2D eigenvalue weighted by Gasteiger charge is 2.29. The molecule has 7 nitrogen and oxygen atoms in total. The van der Waals surface area contributed by atoms with Gasteiger partial charge in [-0.3, -0.25) is 14.6 Å². The van der Waals surface area contributed by atoms with Crippen molar-refractivity contribution in [1.82, 2.24) is 24.9 Å². The Bertz CT molecular complexity index is 641. The van der Waals surface area contributed by atoms with Gasteiger partial charge < -0.3 is 15.0 Å². The van der Waals surface area contributed by atoms with Gasteiger partial charge in [0.15, 0.2) is 5.96 Å². The lowest BCUT2D eigenvalue weighted by molar-refractivity contribution is 0.00391. The number of halogens is 1. The maximum atomic E-state index is 5.59. The van der Waals surface area contributed by atoms with Crippen LogP contribution in [0.5, 0.6) is 0 Å². The third kappa shape index (κ3) is 6.56. The van der Waals surface area contributed by atoms with Crippen LogP contribution in [0.3, 0.4) is 0 Å². The van der Waals surface area contributed by atoms with Crippen LogP contribution in [0, 0.1) is 5.92 Å². The Morgan fingerprint density at radius 1 is 1.23 bits per heavy atom. The van der Waals surface area contributed by atoms with Gasteiger partial charge in [-0.15, -0.1) is 24.0 Å². The zero-order valence-electron chi connectivity index (χ0n) is 19.2. The molecular weight excluding hydrogens is 491 g/mol. The van der Waals surface area contributed by atoms with E-state index in [4.69, 9.17) is 9.73 Å². The Morgan fingerprint density at radius 2 is 1.97 bits per heavy atom. The number of aromatic nitrogens is 2. The predicted octanol–water partition coefficient (Wildman–Crippen LogP) is 2.93. The van der Waals surface area contributed by atoms with E-state index in [9.17, 15) is 0 Å². The number of nitrogens with one attached hydrogen (secondary N) is 1. The summed E-state index contributed by atoms with van der Waals surface area (Å²) < 4.78 is 7.50. The number of hydrogen-bond acceptors (Lipinski definition) is 4. The van der Waals surface area contributed by atoms with E-state index >= 15 is 0 Å². The average Bonchev–Trinajstić information content (AvgIpc) is 3.40. The summed E-state index contributed by atoms with van der Waals surface area (Å²) in [6, 6.07) is 0.499. The van der Waals surface area contributed by atoms with Crippen LogP contribution in [-0.4, -0.2) is 84.1 Å². The molecule has 2 saturated heterocycles. The molecule has 0 radical (unpaired) electrons. The molecule has 172 valence electrons. The fourth-order valence-corrected chi connectivity index (χ4v) is 4.79. The Labute approximate surface area is 199 Å². The topological polar surface area (TPSA) is 57.9 Å². The second kappa shape index (κ2) is 12.9. The standard InChI is InChI=1S/C22H40N6O.HI/c1-5-18(6-2)21(27-10-12-29-13-11-27)15-24-22(23-7-3)28-9-8-19(17-28)20-14-25-26(4)16-20;/h14,16,18-19,21H,5-13,15,17H2,1-4H3,(H,23,24);1H. The minimum Gasteiger partial charge on any atom is -0.379 e. The number of rotatable bonds is 8. The maximum Gasteiger partial charge on any atom is 0.193 e. The molecule has 2 aliphatic rings. The lowest BCUT2D eigenvalue weighted by atomic mass is 9.92. The van der Waals surface area contributed by atoms with E-state index in [1.165, 1.54) is 18.4 Å². The van der Waals surface area contributed by atoms with Gasteiger partial charge in [-0.25, -0.2) is 0 Å². The van der Waals surface area contributed by atoms with Crippen molar-refractivity contribution in [2.24, 2.45) is 18.0 Å². The van der Waals surface area contributed by atoms with Crippen LogP contribution in [0.4, 0.5) is 0 Å². The molecule has 0 aliphatic carbocycles. The second-order valence-corrected chi connectivity index (χ2v) is 8.37. The van der Waals surface area contributed by atoms with Crippen molar-refractivity contribution in [2.45, 2.75) is 52.0 Å². The van der Waals surface area contributed by atoms with Gasteiger partial charge in [0.2, 0.25) is 0 Å². The lowest BCUT2D eigenvalue weighted by Gasteiger charge is -2.38. The van der Waals surface area contributed by atoms with E-state index in [-0.39, 0.29) is 24.0 Å². The van der Waals surface area contributed by atoms with Gasteiger partial charge in [-0.2, -0.15) is 5.10 Å². The molecule has 1 aromatic heterocycles. The summed E-state index contributed by atoms with van der Waals surface area (Å²) in [5, 5.41) is 7.90. The van der Waals surface area contributed by atoms with Gasteiger partial charge in [-0.1, -0.05) is 26.7 Å². The van der Waals surface area contributed by atoms with Crippen molar-refractivity contribution in [3.8, 4) is 0 Å². The molecule has 0 amide bonds. The molecule has 2 aliphatic heterocycles. The first kappa shape index (κ1) is 25.4. The smallest absolute Gasteiger partial charge is 0.193 e. The van der Waals surface area contributed by atoms with E-state index < -0.39 is 0 Å². The summed E-state index contributed by atoms with van der Waals surface area (Å²) in [5.74, 6) is 2.30. The first-order valence-electron chi connectivity index (χ1n) is 11.5. The monoisotopic (exact) mass is 532 g/mol. The summed E-state index contributed by atoms with van der Waals surface area (Å²) in [6.45, 7) is 14.4. The Hall–Kier alpha value is -0.870. The van der Waals surface area contributed by atoms with Crippen LogP contribution >= 0.6 is 24.0 Å². The molecule has 8 heteroatoms. The minimum absolute atomic E-state index is 0. The number of guanidine groups is 1. The molecule has 0 saturated carbocycles. The minimum atomic E-state index is 0. The molecule has 0 aromatic carbocycles. The molecule has 2 atom stereocenters. The van der Waals surface area contributed by atoms with Gasteiger partial charge >= 0.3 is 0 Å². The summed E-state index contributed by atoms with van der Waals surface area (Å²) in [5.41, 5.74) is 1.34. The summed E-state index contributed by atoms with van der Waals surface area (Å²) in [7, 11) is 1.99. The molecule has 0 bridgehead atoms. The fourth-order valence-electron chi connectivity index (χ4n) is 4.79. The molecular formula is C22H41IN6O. The number of ether oxygens (including phenoxy) is 1. The average molecular weight is 533 g/mol. The van der Waals surface area contributed by atoms with E-state index in [0.717, 1.165) is 64.9 Å². The van der Waals surface area contributed by atoms with Crippen LogP contribution in [0.2, 0.25) is 0 Å². The number of likely N-dealkylation sites (tertiary alicyclic amines) is 1.